The standard InChI is InChI=1S/C64H76N4O12/c1-4-48(64(77)20-18-36(28-64)34-7-5-8-35(23-34)50(73)9-6-22-69)62(76)79-52-27-46-57(75)55-51(74)26-39(30-70)78-59(55)56-53-44-19-21-66-60(65)54(44)42(15-12-33-11-13-38(72)25-45(33)47(53)31-71)41-17-16-40-37(24-49(41)63(52,3)80-58(46)56)29-67-61-43(40)14-10-32(2)68-61/h4-5,7-8,11,13,19,23,25-26,29,32,36,41-42,47,49-50,52-53,61,66-73,75,77H,6,9-10,12,14-18,20-22,24,27-28,30-31,65H2,1-3H3. The van der Waals surface area contributed by atoms with Gasteiger partial charge in [-0.05, 0) is 178 Å². The number of allylic oxidation sites excluding steroid dienone is 5. The van der Waals surface area contributed by atoms with Crippen LogP contribution in [0.3, 0.4) is 0 Å². The number of aryl methyl sites for hydroxylation is 1. The highest BCUT2D eigenvalue weighted by Gasteiger charge is 2.59. The molecule has 12 N–H and O–H groups in total. The van der Waals surface area contributed by atoms with Crippen molar-refractivity contribution < 1.29 is 54.4 Å². The number of aliphatic hydroxyl groups is 5. The van der Waals surface area contributed by atoms with Crippen LogP contribution in [0.15, 0.2) is 115 Å². The monoisotopic (exact) mass is 1090 g/mol. The van der Waals surface area contributed by atoms with Crippen LogP contribution in [0.5, 0.6) is 17.2 Å². The summed E-state index contributed by atoms with van der Waals surface area (Å²) in [5, 5.41) is 90.6. The van der Waals surface area contributed by atoms with E-state index in [1.54, 1.807) is 25.1 Å². The molecule has 80 heavy (non-hydrogen) atoms. The van der Waals surface area contributed by atoms with E-state index >= 15 is 4.79 Å². The van der Waals surface area contributed by atoms with Gasteiger partial charge in [-0.3, -0.25) is 10.1 Å². The van der Waals surface area contributed by atoms with Crippen molar-refractivity contribution in [1.29, 1.82) is 0 Å². The maximum atomic E-state index is 15.5. The molecule has 12 atom stereocenters. The number of ether oxygens (including phenoxy) is 2. The summed E-state index contributed by atoms with van der Waals surface area (Å²) in [6.45, 7) is 5.19. The van der Waals surface area contributed by atoms with Gasteiger partial charge in [0.25, 0.3) is 0 Å². The maximum absolute atomic E-state index is 15.5. The van der Waals surface area contributed by atoms with E-state index < -0.39 is 71.5 Å². The molecule has 0 amide bonds. The Kier molecular flexibility index (Phi) is 14.3. The summed E-state index contributed by atoms with van der Waals surface area (Å²) < 4.78 is 21.4. The van der Waals surface area contributed by atoms with Gasteiger partial charge in [0.2, 0.25) is 0 Å². The number of esters is 1. The summed E-state index contributed by atoms with van der Waals surface area (Å²) in [6, 6.07) is 14.4. The highest BCUT2D eigenvalue weighted by Crippen LogP contribution is 2.62. The molecule has 16 heteroatoms. The molecular weight excluding hydrogens is 1020 g/mol. The molecule has 2 saturated carbocycles. The van der Waals surface area contributed by atoms with Gasteiger partial charge in [0, 0.05) is 66.8 Å². The van der Waals surface area contributed by atoms with Crippen LogP contribution >= 0.6 is 0 Å². The molecule has 4 aromatic rings. The summed E-state index contributed by atoms with van der Waals surface area (Å²) in [6.07, 6.45) is 10.7. The van der Waals surface area contributed by atoms with E-state index in [9.17, 15) is 40.5 Å². The number of carbonyl (C=O) groups excluding carboxylic acids is 1. The Hall–Kier alpha value is -6.40. The third-order valence-electron chi connectivity index (χ3n) is 19.8. The molecule has 5 aliphatic heterocycles. The van der Waals surface area contributed by atoms with Gasteiger partial charge in [-0.2, -0.15) is 0 Å². The Balaban J connectivity index is 1.06. The molecule has 8 aliphatic rings. The largest absolute Gasteiger partial charge is 0.508 e. The van der Waals surface area contributed by atoms with Crippen molar-refractivity contribution in [3.05, 3.63) is 156 Å². The molecular formula is C64H76N4O12. The summed E-state index contributed by atoms with van der Waals surface area (Å²) in [5.74, 6) is -3.24. The molecule has 0 radical (unpaired) electrons. The van der Waals surface area contributed by atoms with E-state index in [2.05, 4.69) is 35.2 Å². The SMILES string of the molecule is CC=C(C(=O)OC1Cc2c3c(c4oc(CO)cc(=O)c4c2O)C2C4=CCNC(N)=C4C(CCc4ccc(O)cc4C2CO)C2CCC4=C5CCC(C)NC5NC=C4CC2C1(C)O3)C1(O)CCC(c2cccc(C(O)CCCO)c2)C1. The van der Waals surface area contributed by atoms with Gasteiger partial charge in [0.1, 0.15) is 58.1 Å². The number of hydrogen-bond donors (Lipinski definition) is 11. The van der Waals surface area contributed by atoms with Gasteiger partial charge in [0.15, 0.2) is 5.43 Å². The molecule has 3 aromatic carbocycles. The van der Waals surface area contributed by atoms with Crippen molar-refractivity contribution >= 4 is 16.9 Å². The molecule has 1 saturated heterocycles. The van der Waals surface area contributed by atoms with Crippen LogP contribution in [-0.2, 0) is 29.0 Å². The zero-order chi connectivity index (χ0) is 55.9. The molecule has 424 valence electrons. The summed E-state index contributed by atoms with van der Waals surface area (Å²) >= 11 is 0. The Morgan fingerprint density at radius 2 is 1.86 bits per heavy atom. The lowest BCUT2D eigenvalue weighted by atomic mass is 9.61. The average molecular weight is 1090 g/mol. The van der Waals surface area contributed by atoms with Gasteiger partial charge in [0.05, 0.1) is 30.1 Å². The molecule has 12 unspecified atom stereocenters. The second-order valence-electron chi connectivity index (χ2n) is 24.2. The zero-order valence-electron chi connectivity index (χ0n) is 45.9. The maximum Gasteiger partial charge on any atom is 0.337 e. The molecule has 6 heterocycles. The van der Waals surface area contributed by atoms with Crippen molar-refractivity contribution in [2.24, 2.45) is 23.5 Å². The van der Waals surface area contributed by atoms with E-state index in [1.165, 1.54) is 11.1 Å². The fraction of sp³-hybridized carbons (Fsp3) is 0.500. The quantitative estimate of drug-likeness (QED) is 0.0554. The van der Waals surface area contributed by atoms with E-state index in [1.807, 2.05) is 37.3 Å². The normalized spacial score (nSPS) is 31.2. The lowest BCUT2D eigenvalue weighted by Gasteiger charge is -2.52. The molecule has 16 nitrogen and oxygen atoms in total. The van der Waals surface area contributed by atoms with Crippen LogP contribution in [0, 0.1) is 17.8 Å². The predicted molar refractivity (Wildman–Crippen MR) is 300 cm³/mol. The van der Waals surface area contributed by atoms with Gasteiger partial charge >= 0.3 is 5.97 Å². The first-order valence-electron chi connectivity index (χ1n) is 29.0. The van der Waals surface area contributed by atoms with E-state index in [0.717, 1.165) is 58.7 Å². The lowest BCUT2D eigenvalue weighted by Crippen LogP contribution is -2.59. The van der Waals surface area contributed by atoms with Crippen molar-refractivity contribution in [2.75, 3.05) is 19.8 Å². The smallest absolute Gasteiger partial charge is 0.337 e. The van der Waals surface area contributed by atoms with Crippen LogP contribution < -0.4 is 31.8 Å². The third-order valence-corrected chi connectivity index (χ3v) is 19.8. The lowest BCUT2D eigenvalue weighted by molar-refractivity contribution is -0.171. The van der Waals surface area contributed by atoms with Crippen molar-refractivity contribution in [3.8, 4) is 17.2 Å². The van der Waals surface area contributed by atoms with Gasteiger partial charge in [-0.1, -0.05) is 42.5 Å². The van der Waals surface area contributed by atoms with Crippen molar-refractivity contribution in [2.45, 2.75) is 164 Å². The average Bonchev–Trinajstić information content (AvgIpc) is 3.77. The van der Waals surface area contributed by atoms with Crippen LogP contribution in [0.25, 0.3) is 11.0 Å². The Labute approximate surface area is 465 Å². The highest BCUT2D eigenvalue weighted by molar-refractivity contribution is 5.93. The molecule has 12 rings (SSSR count). The number of phenols is 2. The topological polar surface area (TPSA) is 269 Å². The molecule has 3 aliphatic carbocycles. The van der Waals surface area contributed by atoms with Crippen LogP contribution in [0.2, 0.25) is 0 Å². The number of hydrogen-bond acceptors (Lipinski definition) is 16. The number of dihydropyridines is 2. The number of nitrogens with two attached hydrogens (primary N) is 1. The first-order valence-corrected chi connectivity index (χ1v) is 29.0. The number of fused-ring (bicyclic) bond motifs is 10. The van der Waals surface area contributed by atoms with Crippen LogP contribution in [0.1, 0.15) is 154 Å². The van der Waals surface area contributed by atoms with Crippen LogP contribution in [0.4, 0.5) is 0 Å². The number of piperidine rings is 1. The molecule has 0 spiro atoms. The van der Waals surface area contributed by atoms with E-state index in [4.69, 9.17) is 19.6 Å². The van der Waals surface area contributed by atoms with Crippen LogP contribution in [-0.4, -0.2) is 91.0 Å². The molecule has 1 aromatic heterocycles. The summed E-state index contributed by atoms with van der Waals surface area (Å²) in [4.78, 5) is 30.1. The Morgan fingerprint density at radius 1 is 1.02 bits per heavy atom. The minimum absolute atomic E-state index is 0.0150. The van der Waals surface area contributed by atoms with Gasteiger partial charge < -0.3 is 66.0 Å². The van der Waals surface area contributed by atoms with Gasteiger partial charge in [-0.15, -0.1) is 0 Å². The second-order valence-corrected chi connectivity index (χ2v) is 24.2. The number of benzene rings is 3. The fourth-order valence-corrected chi connectivity index (χ4v) is 15.9. The van der Waals surface area contributed by atoms with E-state index in [-0.39, 0.29) is 89.2 Å². The molecule has 3 fully saturated rings. The Bertz CT molecular complexity index is 3380. The predicted octanol–water partition coefficient (Wildman–Crippen LogP) is 7.19. The van der Waals surface area contributed by atoms with Crippen molar-refractivity contribution in [3.63, 3.8) is 0 Å². The number of aliphatic hydroxyl groups excluding tert-OH is 4. The first kappa shape index (κ1) is 54.2. The van der Waals surface area contributed by atoms with Gasteiger partial charge in [-0.25, -0.2) is 4.79 Å². The first-order chi connectivity index (χ1) is 38.6. The number of rotatable bonds is 10. The number of carbonyl (C=O) groups is 1. The molecule has 4 bridgehead atoms. The second kappa shape index (κ2) is 21.2. The number of aromatic hydroxyl groups is 2. The van der Waals surface area contributed by atoms with Crippen molar-refractivity contribution in [1.82, 2.24) is 16.0 Å². The third kappa shape index (κ3) is 9.05. The highest BCUT2D eigenvalue weighted by atomic mass is 16.6. The minimum Gasteiger partial charge on any atom is -0.508 e. The summed E-state index contributed by atoms with van der Waals surface area (Å²) in [7, 11) is 0. The number of phenolic OH excluding ortho intramolecular Hbond substituents is 2. The number of nitrogens with one attached hydrogen (secondary N) is 3. The minimum atomic E-state index is -1.59. The zero-order valence-corrected chi connectivity index (χ0v) is 45.9. The Morgan fingerprint density at radius 3 is 2.65 bits per heavy atom. The fourth-order valence-electron chi connectivity index (χ4n) is 15.9. The van der Waals surface area contributed by atoms with E-state index in [0.29, 0.717) is 74.5 Å². The summed E-state index contributed by atoms with van der Waals surface area (Å²) in [5.41, 5.74) is 13.1.